The number of benzene rings is 1. The minimum Gasteiger partial charge on any atom is -0.496 e. The van der Waals surface area contributed by atoms with Crippen molar-refractivity contribution in [1.82, 2.24) is 5.32 Å². The summed E-state index contributed by atoms with van der Waals surface area (Å²) in [6.45, 7) is 1.50. The van der Waals surface area contributed by atoms with Gasteiger partial charge < -0.3 is 10.1 Å². The van der Waals surface area contributed by atoms with E-state index in [0.717, 1.165) is 25.2 Å². The first kappa shape index (κ1) is 14.8. The van der Waals surface area contributed by atoms with Crippen molar-refractivity contribution in [1.29, 1.82) is 0 Å². The highest BCUT2D eigenvalue weighted by atomic mass is 19.4. The van der Waals surface area contributed by atoms with Gasteiger partial charge in [-0.15, -0.1) is 0 Å². The van der Waals surface area contributed by atoms with Crippen molar-refractivity contribution in [2.75, 3.05) is 20.2 Å². The molecule has 1 heterocycles. The first-order valence-corrected chi connectivity index (χ1v) is 6.43. The van der Waals surface area contributed by atoms with Crippen LogP contribution in [0, 0.1) is 5.92 Å². The topological polar surface area (TPSA) is 38.3 Å². The van der Waals surface area contributed by atoms with E-state index in [0.29, 0.717) is 12.8 Å². The van der Waals surface area contributed by atoms with Crippen LogP contribution >= 0.6 is 0 Å². The second-order valence-corrected chi connectivity index (χ2v) is 4.80. The van der Waals surface area contributed by atoms with Crippen LogP contribution in [-0.4, -0.2) is 26.0 Å². The number of Topliss-reactive ketones (excluding diaryl/α,β-unsaturated/α-hetero) is 1. The van der Waals surface area contributed by atoms with Crippen molar-refractivity contribution in [3.8, 4) is 5.75 Å². The predicted octanol–water partition coefficient (Wildman–Crippen LogP) is 2.90. The summed E-state index contributed by atoms with van der Waals surface area (Å²) < 4.78 is 42.9. The average Bonchev–Trinajstić information content (AvgIpc) is 2.45. The second-order valence-electron chi connectivity index (χ2n) is 4.80. The predicted molar refractivity (Wildman–Crippen MR) is 67.9 cm³/mol. The molecule has 1 aromatic rings. The Bertz CT molecular complexity index is 494. The molecule has 6 heteroatoms. The fraction of sp³-hybridized carbons (Fsp3) is 0.500. The van der Waals surface area contributed by atoms with Crippen LogP contribution in [0.15, 0.2) is 18.2 Å². The van der Waals surface area contributed by atoms with E-state index in [9.17, 15) is 18.0 Å². The molecular formula is C14H16F3NO2. The number of nitrogens with one attached hydrogen (secondary N) is 1. The van der Waals surface area contributed by atoms with Gasteiger partial charge in [0.25, 0.3) is 0 Å². The van der Waals surface area contributed by atoms with Gasteiger partial charge in [0.05, 0.1) is 18.2 Å². The lowest BCUT2D eigenvalue weighted by molar-refractivity contribution is -0.137. The summed E-state index contributed by atoms with van der Waals surface area (Å²) in [5, 5.41) is 3.15. The smallest absolute Gasteiger partial charge is 0.416 e. The molecule has 3 nitrogen and oxygen atoms in total. The highest BCUT2D eigenvalue weighted by Crippen LogP contribution is 2.34. The zero-order chi connectivity index (χ0) is 14.8. The maximum atomic E-state index is 12.6. The SMILES string of the molecule is COc1cc(C(F)(F)F)ccc1C(=O)C1CCNCC1. The fourth-order valence-corrected chi connectivity index (χ4v) is 2.38. The Morgan fingerprint density at radius 1 is 1.30 bits per heavy atom. The number of hydrogen-bond donors (Lipinski definition) is 1. The van der Waals surface area contributed by atoms with Gasteiger partial charge in [-0.05, 0) is 44.1 Å². The Kier molecular flexibility index (Phi) is 4.32. The number of halogens is 3. The molecule has 0 amide bonds. The van der Waals surface area contributed by atoms with E-state index in [-0.39, 0.29) is 23.0 Å². The normalized spacial score (nSPS) is 17.0. The molecule has 0 spiro atoms. The van der Waals surface area contributed by atoms with E-state index in [4.69, 9.17) is 4.74 Å². The summed E-state index contributed by atoms with van der Waals surface area (Å²) >= 11 is 0. The fourth-order valence-electron chi connectivity index (χ4n) is 2.38. The van der Waals surface area contributed by atoms with E-state index in [2.05, 4.69) is 5.32 Å². The molecule has 1 N–H and O–H groups in total. The molecular weight excluding hydrogens is 271 g/mol. The van der Waals surface area contributed by atoms with Gasteiger partial charge in [0.1, 0.15) is 5.75 Å². The van der Waals surface area contributed by atoms with Crippen LogP contribution in [0.1, 0.15) is 28.8 Å². The van der Waals surface area contributed by atoms with Crippen LogP contribution in [0.3, 0.4) is 0 Å². The summed E-state index contributed by atoms with van der Waals surface area (Å²) in [5.74, 6) is -0.303. The Labute approximate surface area is 115 Å². The minimum absolute atomic E-state index is 0.0108. The monoisotopic (exact) mass is 287 g/mol. The third-order valence-electron chi connectivity index (χ3n) is 3.50. The number of ketones is 1. The van der Waals surface area contributed by atoms with Gasteiger partial charge in [-0.1, -0.05) is 0 Å². The molecule has 0 atom stereocenters. The van der Waals surface area contributed by atoms with Crippen LogP contribution in [0.4, 0.5) is 13.2 Å². The van der Waals surface area contributed by atoms with Gasteiger partial charge in [0, 0.05) is 5.92 Å². The lowest BCUT2D eigenvalue weighted by Crippen LogP contribution is -2.32. The molecule has 0 aromatic heterocycles. The Morgan fingerprint density at radius 2 is 1.95 bits per heavy atom. The maximum absolute atomic E-state index is 12.6. The van der Waals surface area contributed by atoms with Gasteiger partial charge in [-0.2, -0.15) is 13.2 Å². The third-order valence-corrected chi connectivity index (χ3v) is 3.50. The first-order valence-electron chi connectivity index (χ1n) is 6.43. The van der Waals surface area contributed by atoms with E-state index < -0.39 is 11.7 Å². The molecule has 0 radical (unpaired) electrons. The number of piperidine rings is 1. The zero-order valence-corrected chi connectivity index (χ0v) is 11.1. The second kappa shape index (κ2) is 5.83. The molecule has 2 rings (SSSR count). The van der Waals surface area contributed by atoms with E-state index >= 15 is 0 Å². The van der Waals surface area contributed by atoms with Gasteiger partial charge in [-0.25, -0.2) is 0 Å². The Morgan fingerprint density at radius 3 is 2.50 bits per heavy atom. The van der Waals surface area contributed by atoms with Crippen molar-refractivity contribution < 1.29 is 22.7 Å². The number of rotatable bonds is 3. The molecule has 1 fully saturated rings. The molecule has 0 bridgehead atoms. The quantitative estimate of drug-likeness (QED) is 0.869. The van der Waals surface area contributed by atoms with E-state index in [1.54, 1.807) is 0 Å². The van der Waals surface area contributed by atoms with Gasteiger partial charge in [0.15, 0.2) is 5.78 Å². The van der Waals surface area contributed by atoms with Crippen molar-refractivity contribution in [2.24, 2.45) is 5.92 Å². The number of methoxy groups -OCH3 is 1. The van der Waals surface area contributed by atoms with Gasteiger partial charge in [0.2, 0.25) is 0 Å². The molecule has 20 heavy (non-hydrogen) atoms. The van der Waals surface area contributed by atoms with Gasteiger partial charge in [-0.3, -0.25) is 4.79 Å². The van der Waals surface area contributed by atoms with Crippen LogP contribution in [0.2, 0.25) is 0 Å². The summed E-state index contributed by atoms with van der Waals surface area (Å²) in [5.41, 5.74) is -0.580. The minimum atomic E-state index is -4.44. The number of carbonyl (C=O) groups is 1. The lowest BCUT2D eigenvalue weighted by atomic mass is 9.89. The average molecular weight is 287 g/mol. The van der Waals surface area contributed by atoms with E-state index in [1.165, 1.54) is 13.2 Å². The summed E-state index contributed by atoms with van der Waals surface area (Å²) in [6, 6.07) is 3.02. The first-order chi connectivity index (χ1) is 9.43. The third kappa shape index (κ3) is 3.12. The van der Waals surface area contributed by atoms with E-state index in [1.807, 2.05) is 0 Å². The van der Waals surface area contributed by atoms with Crippen LogP contribution in [-0.2, 0) is 6.18 Å². The van der Waals surface area contributed by atoms with Crippen molar-refractivity contribution >= 4 is 5.78 Å². The highest BCUT2D eigenvalue weighted by Gasteiger charge is 2.32. The molecule has 1 aliphatic heterocycles. The summed E-state index contributed by atoms with van der Waals surface area (Å²) in [6.07, 6.45) is -3.05. The summed E-state index contributed by atoms with van der Waals surface area (Å²) in [7, 11) is 1.27. The van der Waals surface area contributed by atoms with Crippen LogP contribution in [0.5, 0.6) is 5.75 Å². The largest absolute Gasteiger partial charge is 0.496 e. The van der Waals surface area contributed by atoms with Crippen molar-refractivity contribution in [3.05, 3.63) is 29.3 Å². The van der Waals surface area contributed by atoms with Crippen molar-refractivity contribution in [2.45, 2.75) is 19.0 Å². The molecule has 0 aliphatic carbocycles. The van der Waals surface area contributed by atoms with Crippen LogP contribution < -0.4 is 10.1 Å². The lowest BCUT2D eigenvalue weighted by Gasteiger charge is -2.22. The number of hydrogen-bond acceptors (Lipinski definition) is 3. The van der Waals surface area contributed by atoms with Crippen LogP contribution in [0.25, 0.3) is 0 Å². The summed E-state index contributed by atoms with van der Waals surface area (Å²) in [4.78, 5) is 12.4. The molecule has 1 aliphatic rings. The number of ether oxygens (including phenoxy) is 1. The standard InChI is InChI=1S/C14H16F3NO2/c1-20-12-8-10(14(15,16)17)2-3-11(12)13(19)9-4-6-18-7-5-9/h2-3,8-9,18H,4-7H2,1H3. The number of alkyl halides is 3. The Hall–Kier alpha value is -1.56. The Balaban J connectivity index is 2.29. The van der Waals surface area contributed by atoms with Gasteiger partial charge >= 0.3 is 6.18 Å². The molecule has 0 unspecified atom stereocenters. The molecule has 0 saturated carbocycles. The maximum Gasteiger partial charge on any atom is 0.416 e. The number of carbonyl (C=O) groups excluding carboxylic acids is 1. The molecule has 1 saturated heterocycles. The zero-order valence-electron chi connectivity index (χ0n) is 11.1. The molecule has 1 aromatic carbocycles. The van der Waals surface area contributed by atoms with Crippen molar-refractivity contribution in [3.63, 3.8) is 0 Å². The molecule has 110 valence electrons. The highest BCUT2D eigenvalue weighted by molar-refractivity contribution is 6.00.